The molecule has 0 saturated heterocycles. The molecular formula is C26H23NS. The molecule has 0 aliphatic rings. The fourth-order valence-electron chi connectivity index (χ4n) is 4.12. The van der Waals surface area contributed by atoms with Crippen LogP contribution in [0.15, 0.2) is 66.7 Å². The van der Waals surface area contributed by atoms with Gasteiger partial charge in [0, 0.05) is 21.2 Å². The Morgan fingerprint density at radius 1 is 0.786 bits per heavy atom. The molecule has 0 spiro atoms. The Morgan fingerprint density at radius 3 is 2.29 bits per heavy atom. The van der Waals surface area contributed by atoms with E-state index in [2.05, 4.69) is 94.4 Å². The maximum absolute atomic E-state index is 5.13. The maximum Gasteiger partial charge on any atom is 0.0888 e. The first-order valence-electron chi connectivity index (χ1n) is 9.74. The van der Waals surface area contributed by atoms with Gasteiger partial charge in [0.05, 0.1) is 15.9 Å². The molecule has 0 radical (unpaired) electrons. The molecule has 2 heteroatoms. The van der Waals surface area contributed by atoms with Gasteiger partial charge in [0.2, 0.25) is 0 Å². The van der Waals surface area contributed by atoms with Gasteiger partial charge in [-0.15, -0.1) is 11.3 Å². The van der Waals surface area contributed by atoms with E-state index in [0.29, 0.717) is 0 Å². The molecule has 1 nitrogen and oxygen atoms in total. The van der Waals surface area contributed by atoms with Crippen LogP contribution in [0, 0.1) is 6.92 Å². The molecule has 2 aromatic heterocycles. The van der Waals surface area contributed by atoms with Crippen molar-refractivity contribution in [3.05, 3.63) is 77.2 Å². The smallest absolute Gasteiger partial charge is 0.0888 e. The number of aromatic nitrogens is 1. The van der Waals surface area contributed by atoms with Crippen LogP contribution in [0.1, 0.15) is 31.2 Å². The van der Waals surface area contributed by atoms with Crippen molar-refractivity contribution in [1.29, 1.82) is 0 Å². The zero-order valence-corrected chi connectivity index (χ0v) is 17.5. The molecule has 0 atom stereocenters. The number of benzene rings is 3. The third kappa shape index (κ3) is 2.71. The third-order valence-electron chi connectivity index (χ3n) is 5.44. The number of pyridine rings is 1. The minimum Gasteiger partial charge on any atom is -0.246 e. The number of hydrogen-bond acceptors (Lipinski definition) is 2. The summed E-state index contributed by atoms with van der Waals surface area (Å²) in [5.74, 6) is 0. The Balaban J connectivity index is 1.91. The second-order valence-corrected chi connectivity index (χ2v) is 9.83. The van der Waals surface area contributed by atoms with E-state index in [9.17, 15) is 0 Å². The van der Waals surface area contributed by atoms with Gasteiger partial charge in [0.15, 0.2) is 0 Å². The lowest BCUT2D eigenvalue weighted by Gasteiger charge is -2.23. The Hall–Kier alpha value is -2.71. The van der Waals surface area contributed by atoms with Gasteiger partial charge in [0.1, 0.15) is 0 Å². The Morgan fingerprint density at radius 2 is 1.50 bits per heavy atom. The number of rotatable bonds is 1. The molecule has 0 aliphatic carbocycles. The zero-order chi connectivity index (χ0) is 19.5. The molecule has 0 unspecified atom stereocenters. The maximum atomic E-state index is 5.13. The predicted octanol–water partition coefficient (Wildman–Crippen LogP) is 7.88. The lowest BCUT2D eigenvalue weighted by atomic mass is 9.82. The first kappa shape index (κ1) is 17.4. The summed E-state index contributed by atoms with van der Waals surface area (Å²) < 4.78 is 1.28. The molecule has 28 heavy (non-hydrogen) atoms. The molecule has 0 N–H and O–H groups in total. The quantitative estimate of drug-likeness (QED) is 0.288. The van der Waals surface area contributed by atoms with E-state index >= 15 is 0 Å². The van der Waals surface area contributed by atoms with Crippen LogP contribution in [0.2, 0.25) is 0 Å². The standard InChI is InChI=1S/C26H23NS/c1-16-13-21-20-11-7-8-12-23(20)27-24(25(21)28-16)18-14-17-9-5-6-10-19(17)22(15-18)26(2,3)4/h5-15H,1-4H3. The van der Waals surface area contributed by atoms with Crippen molar-refractivity contribution in [3.8, 4) is 11.3 Å². The zero-order valence-electron chi connectivity index (χ0n) is 16.7. The summed E-state index contributed by atoms with van der Waals surface area (Å²) in [4.78, 5) is 6.45. The molecule has 0 fully saturated rings. The summed E-state index contributed by atoms with van der Waals surface area (Å²) in [6.07, 6.45) is 0. The highest BCUT2D eigenvalue weighted by atomic mass is 32.1. The van der Waals surface area contributed by atoms with E-state index < -0.39 is 0 Å². The highest BCUT2D eigenvalue weighted by molar-refractivity contribution is 7.19. The lowest BCUT2D eigenvalue weighted by molar-refractivity contribution is 0.596. The molecule has 3 aromatic carbocycles. The predicted molar refractivity (Wildman–Crippen MR) is 124 cm³/mol. The number of fused-ring (bicyclic) bond motifs is 4. The van der Waals surface area contributed by atoms with Crippen LogP contribution in [0.3, 0.4) is 0 Å². The summed E-state index contributed by atoms with van der Waals surface area (Å²) in [7, 11) is 0. The van der Waals surface area contributed by atoms with Gasteiger partial charge in [-0.05, 0) is 52.9 Å². The van der Waals surface area contributed by atoms with Crippen molar-refractivity contribution in [2.24, 2.45) is 0 Å². The van der Waals surface area contributed by atoms with Crippen LogP contribution >= 0.6 is 11.3 Å². The minimum absolute atomic E-state index is 0.0664. The van der Waals surface area contributed by atoms with Gasteiger partial charge in [-0.2, -0.15) is 0 Å². The Bertz CT molecular complexity index is 1350. The van der Waals surface area contributed by atoms with Crippen molar-refractivity contribution in [2.45, 2.75) is 33.1 Å². The van der Waals surface area contributed by atoms with Crippen LogP contribution in [0.25, 0.3) is 43.0 Å². The highest BCUT2D eigenvalue weighted by Gasteiger charge is 2.20. The second kappa shape index (κ2) is 6.15. The SMILES string of the molecule is Cc1cc2c(s1)c(-c1cc(C(C)(C)C)c3ccccc3c1)nc1ccccc12. The van der Waals surface area contributed by atoms with E-state index in [4.69, 9.17) is 4.98 Å². The number of para-hydroxylation sites is 1. The molecule has 138 valence electrons. The van der Waals surface area contributed by atoms with E-state index in [1.165, 1.54) is 42.2 Å². The van der Waals surface area contributed by atoms with E-state index in [1.807, 2.05) is 11.3 Å². The Kier molecular flexibility index (Phi) is 3.82. The van der Waals surface area contributed by atoms with Crippen molar-refractivity contribution < 1.29 is 0 Å². The average Bonchev–Trinajstić information content (AvgIpc) is 3.07. The number of aryl methyl sites for hydroxylation is 1. The number of nitrogens with zero attached hydrogens (tertiary/aromatic N) is 1. The summed E-state index contributed by atoms with van der Waals surface area (Å²) in [6, 6.07) is 24.1. The summed E-state index contributed by atoms with van der Waals surface area (Å²) in [5, 5.41) is 5.16. The molecule has 2 heterocycles. The molecular weight excluding hydrogens is 358 g/mol. The largest absolute Gasteiger partial charge is 0.246 e. The fourth-order valence-corrected chi connectivity index (χ4v) is 5.16. The molecule has 5 aromatic rings. The van der Waals surface area contributed by atoms with Crippen LogP contribution in [0.4, 0.5) is 0 Å². The summed E-state index contributed by atoms with van der Waals surface area (Å²) in [6.45, 7) is 9.05. The average molecular weight is 382 g/mol. The topological polar surface area (TPSA) is 12.9 Å². The van der Waals surface area contributed by atoms with Crippen molar-refractivity contribution in [3.63, 3.8) is 0 Å². The highest BCUT2D eigenvalue weighted by Crippen LogP contribution is 2.40. The lowest BCUT2D eigenvalue weighted by Crippen LogP contribution is -2.12. The van der Waals surface area contributed by atoms with Crippen molar-refractivity contribution in [2.75, 3.05) is 0 Å². The van der Waals surface area contributed by atoms with Gasteiger partial charge < -0.3 is 0 Å². The van der Waals surface area contributed by atoms with Crippen molar-refractivity contribution >= 4 is 43.1 Å². The first-order valence-corrected chi connectivity index (χ1v) is 10.6. The third-order valence-corrected chi connectivity index (χ3v) is 6.50. The van der Waals surface area contributed by atoms with E-state index in [0.717, 1.165) is 11.2 Å². The molecule has 0 amide bonds. The minimum atomic E-state index is 0.0664. The fraction of sp³-hybridized carbons (Fsp3) is 0.192. The van der Waals surface area contributed by atoms with Gasteiger partial charge in [-0.1, -0.05) is 63.2 Å². The van der Waals surface area contributed by atoms with E-state index in [-0.39, 0.29) is 5.41 Å². The van der Waals surface area contributed by atoms with Gasteiger partial charge in [-0.3, -0.25) is 0 Å². The van der Waals surface area contributed by atoms with Gasteiger partial charge in [-0.25, -0.2) is 4.98 Å². The van der Waals surface area contributed by atoms with Crippen LogP contribution in [-0.2, 0) is 5.41 Å². The van der Waals surface area contributed by atoms with E-state index in [1.54, 1.807) is 0 Å². The monoisotopic (exact) mass is 381 g/mol. The first-order chi connectivity index (χ1) is 13.4. The van der Waals surface area contributed by atoms with Crippen LogP contribution < -0.4 is 0 Å². The normalized spacial score (nSPS) is 12.3. The summed E-state index contributed by atoms with van der Waals surface area (Å²) >= 11 is 1.84. The molecule has 5 rings (SSSR count). The van der Waals surface area contributed by atoms with Crippen LogP contribution in [0.5, 0.6) is 0 Å². The molecule has 0 bridgehead atoms. The van der Waals surface area contributed by atoms with Crippen LogP contribution in [-0.4, -0.2) is 4.98 Å². The number of hydrogen-bond donors (Lipinski definition) is 0. The number of thiophene rings is 1. The van der Waals surface area contributed by atoms with Crippen molar-refractivity contribution in [1.82, 2.24) is 4.98 Å². The molecule has 0 aliphatic heterocycles. The Labute approximate surface area is 169 Å². The van der Waals surface area contributed by atoms with Gasteiger partial charge >= 0.3 is 0 Å². The summed E-state index contributed by atoms with van der Waals surface area (Å²) in [5.41, 5.74) is 4.81. The molecule has 0 saturated carbocycles. The second-order valence-electron chi connectivity index (χ2n) is 8.57. The van der Waals surface area contributed by atoms with Gasteiger partial charge in [0.25, 0.3) is 0 Å².